The molecule has 0 atom stereocenters. The van der Waals surface area contributed by atoms with E-state index in [1.807, 2.05) is 18.2 Å². The maximum atomic E-state index is 12.5. The number of carbonyl (C=O) groups is 2. The molecule has 0 saturated carbocycles. The molecule has 0 saturated heterocycles. The molecule has 7 nitrogen and oxygen atoms in total. The number of nitrogens with one attached hydrogen (secondary N) is 2. The van der Waals surface area contributed by atoms with Crippen molar-refractivity contribution >= 4 is 17.4 Å². The minimum absolute atomic E-state index is 0.156. The number of aromatic nitrogens is 3. The molecular weight excluding hydrogens is 342 g/mol. The lowest BCUT2D eigenvalue weighted by atomic mass is 9.89. The van der Waals surface area contributed by atoms with Crippen molar-refractivity contribution < 1.29 is 9.59 Å². The van der Waals surface area contributed by atoms with Crippen molar-refractivity contribution in [3.8, 4) is 11.4 Å². The molecule has 0 spiro atoms. The van der Waals surface area contributed by atoms with Crippen LogP contribution < -0.4 is 11.1 Å². The third-order valence-corrected chi connectivity index (χ3v) is 4.64. The number of ketones is 1. The van der Waals surface area contributed by atoms with Crippen molar-refractivity contribution in [3.63, 3.8) is 0 Å². The lowest BCUT2D eigenvalue weighted by Crippen LogP contribution is -2.15. The second-order valence-corrected chi connectivity index (χ2v) is 6.49. The highest BCUT2D eigenvalue weighted by Crippen LogP contribution is 2.23. The number of fused-ring (bicyclic) bond motifs is 1. The quantitative estimate of drug-likeness (QED) is 0.661. The molecule has 4 N–H and O–H groups in total. The van der Waals surface area contributed by atoms with Gasteiger partial charge in [-0.25, -0.2) is 4.98 Å². The van der Waals surface area contributed by atoms with E-state index in [-0.39, 0.29) is 11.7 Å². The van der Waals surface area contributed by atoms with Crippen LogP contribution in [0.1, 0.15) is 44.9 Å². The second-order valence-electron chi connectivity index (χ2n) is 6.49. The Hall–Kier alpha value is -3.32. The van der Waals surface area contributed by atoms with Crippen LogP contribution in [0.5, 0.6) is 0 Å². The van der Waals surface area contributed by atoms with Crippen molar-refractivity contribution in [3.05, 3.63) is 65.0 Å². The van der Waals surface area contributed by atoms with Gasteiger partial charge in [0.05, 0.1) is 6.54 Å². The van der Waals surface area contributed by atoms with Gasteiger partial charge in [-0.1, -0.05) is 6.07 Å². The molecule has 4 rings (SSSR count). The van der Waals surface area contributed by atoms with Gasteiger partial charge in [-0.2, -0.15) is 5.10 Å². The normalized spacial score (nSPS) is 13.3. The Labute approximate surface area is 156 Å². The summed E-state index contributed by atoms with van der Waals surface area (Å²) < 4.78 is 0. The maximum absolute atomic E-state index is 12.5. The molecule has 1 aliphatic carbocycles. The number of rotatable bonds is 4. The van der Waals surface area contributed by atoms with Gasteiger partial charge >= 0.3 is 0 Å². The number of Topliss-reactive ketones (excluding diaryl/α,β-unsaturated/α-hetero) is 1. The average molecular weight is 361 g/mol. The van der Waals surface area contributed by atoms with Crippen LogP contribution in [0.4, 0.5) is 5.69 Å². The first-order valence-electron chi connectivity index (χ1n) is 8.83. The average Bonchev–Trinajstić information content (AvgIpc) is 3.18. The van der Waals surface area contributed by atoms with Gasteiger partial charge < -0.3 is 11.1 Å². The lowest BCUT2D eigenvalue weighted by Gasteiger charge is -2.15. The zero-order valence-corrected chi connectivity index (χ0v) is 14.7. The Morgan fingerprint density at radius 1 is 1.15 bits per heavy atom. The van der Waals surface area contributed by atoms with Gasteiger partial charge in [0, 0.05) is 28.8 Å². The summed E-state index contributed by atoms with van der Waals surface area (Å²) in [5.74, 6) is 1.14. The SMILES string of the molecule is NCc1nc(-c2ccc(NC(=O)c3ccc4c(c3)CCCC4=O)cc2)n[nH]1. The highest BCUT2D eigenvalue weighted by atomic mass is 16.1. The van der Waals surface area contributed by atoms with Gasteiger partial charge in [0.2, 0.25) is 0 Å². The molecule has 7 heteroatoms. The smallest absolute Gasteiger partial charge is 0.255 e. The Bertz CT molecular complexity index is 1010. The van der Waals surface area contributed by atoms with E-state index >= 15 is 0 Å². The Morgan fingerprint density at radius 2 is 1.96 bits per heavy atom. The summed E-state index contributed by atoms with van der Waals surface area (Å²) in [6.07, 6.45) is 2.26. The first kappa shape index (κ1) is 17.1. The van der Waals surface area contributed by atoms with Crippen molar-refractivity contribution in [1.82, 2.24) is 15.2 Å². The summed E-state index contributed by atoms with van der Waals surface area (Å²) in [5, 5.41) is 9.76. The standard InChI is InChI=1S/C20H19N5O2/c21-11-18-23-19(25-24-18)12-4-7-15(8-5-12)22-20(27)14-6-9-16-13(10-14)2-1-3-17(16)26/h4-10H,1-3,11,21H2,(H,22,27)(H,23,24,25). The van der Waals surface area contributed by atoms with Crippen LogP contribution in [0.15, 0.2) is 42.5 Å². The number of aryl methyl sites for hydroxylation is 1. The Balaban J connectivity index is 1.49. The van der Waals surface area contributed by atoms with Crippen molar-refractivity contribution in [2.45, 2.75) is 25.8 Å². The summed E-state index contributed by atoms with van der Waals surface area (Å²) in [4.78, 5) is 28.7. The highest BCUT2D eigenvalue weighted by molar-refractivity contribution is 6.06. The Morgan fingerprint density at radius 3 is 2.70 bits per heavy atom. The van der Waals surface area contributed by atoms with Gasteiger partial charge in [-0.05, 0) is 54.8 Å². The van der Waals surface area contributed by atoms with E-state index in [4.69, 9.17) is 5.73 Å². The number of H-pyrrole nitrogens is 1. The minimum Gasteiger partial charge on any atom is -0.324 e. The number of hydrogen-bond acceptors (Lipinski definition) is 5. The van der Waals surface area contributed by atoms with Crippen LogP contribution in [0.25, 0.3) is 11.4 Å². The summed E-state index contributed by atoms with van der Waals surface area (Å²) in [6, 6.07) is 12.6. The van der Waals surface area contributed by atoms with E-state index in [0.717, 1.165) is 29.5 Å². The summed E-state index contributed by atoms with van der Waals surface area (Å²) in [6.45, 7) is 0.299. The van der Waals surface area contributed by atoms with Crippen LogP contribution in [0.3, 0.4) is 0 Å². The molecular formula is C20H19N5O2. The van der Waals surface area contributed by atoms with E-state index in [9.17, 15) is 9.59 Å². The van der Waals surface area contributed by atoms with Crippen LogP contribution in [0, 0.1) is 0 Å². The maximum Gasteiger partial charge on any atom is 0.255 e. The van der Waals surface area contributed by atoms with Gasteiger partial charge in [0.1, 0.15) is 5.82 Å². The fourth-order valence-electron chi connectivity index (χ4n) is 3.21. The van der Waals surface area contributed by atoms with Crippen LogP contribution in [-0.2, 0) is 13.0 Å². The fourth-order valence-corrected chi connectivity index (χ4v) is 3.21. The van der Waals surface area contributed by atoms with Crippen LogP contribution in [0.2, 0.25) is 0 Å². The summed E-state index contributed by atoms with van der Waals surface area (Å²) in [7, 11) is 0. The molecule has 2 aromatic carbocycles. The molecule has 0 aliphatic heterocycles. The van der Waals surface area contributed by atoms with E-state index in [2.05, 4.69) is 20.5 Å². The number of anilines is 1. The number of nitrogens with two attached hydrogens (primary N) is 1. The molecule has 1 aromatic heterocycles. The topological polar surface area (TPSA) is 114 Å². The van der Waals surface area contributed by atoms with Crippen molar-refractivity contribution in [2.24, 2.45) is 5.73 Å². The van der Waals surface area contributed by atoms with Crippen molar-refractivity contribution in [2.75, 3.05) is 5.32 Å². The Kier molecular flexibility index (Phi) is 4.52. The van der Waals surface area contributed by atoms with Crippen LogP contribution in [-0.4, -0.2) is 26.9 Å². The molecule has 3 aromatic rings. The third kappa shape index (κ3) is 3.50. The molecule has 1 aliphatic rings. The largest absolute Gasteiger partial charge is 0.324 e. The lowest BCUT2D eigenvalue weighted by molar-refractivity contribution is 0.0969. The van der Waals surface area contributed by atoms with Gasteiger partial charge in [0.25, 0.3) is 5.91 Å². The molecule has 0 unspecified atom stereocenters. The van der Waals surface area contributed by atoms with Crippen molar-refractivity contribution in [1.29, 1.82) is 0 Å². The number of hydrogen-bond donors (Lipinski definition) is 3. The summed E-state index contributed by atoms with van der Waals surface area (Å²) in [5.41, 5.74) is 9.27. The number of carbonyl (C=O) groups excluding carboxylic acids is 2. The number of aromatic amines is 1. The molecule has 136 valence electrons. The monoisotopic (exact) mass is 361 g/mol. The van der Waals surface area contributed by atoms with Gasteiger partial charge in [0.15, 0.2) is 11.6 Å². The molecule has 0 fully saturated rings. The second kappa shape index (κ2) is 7.13. The van der Waals surface area contributed by atoms with E-state index in [0.29, 0.717) is 35.9 Å². The number of benzene rings is 2. The van der Waals surface area contributed by atoms with Gasteiger partial charge in [-0.15, -0.1) is 0 Å². The molecule has 0 radical (unpaired) electrons. The third-order valence-electron chi connectivity index (χ3n) is 4.64. The number of nitrogens with zero attached hydrogens (tertiary/aromatic N) is 2. The minimum atomic E-state index is -0.202. The molecule has 0 bridgehead atoms. The fraction of sp³-hybridized carbons (Fsp3) is 0.200. The first-order chi connectivity index (χ1) is 13.1. The molecule has 1 heterocycles. The van der Waals surface area contributed by atoms with Gasteiger partial charge in [-0.3, -0.25) is 14.7 Å². The number of amides is 1. The summed E-state index contributed by atoms with van der Waals surface area (Å²) >= 11 is 0. The van der Waals surface area contributed by atoms with E-state index in [1.54, 1.807) is 24.3 Å². The first-order valence-corrected chi connectivity index (χ1v) is 8.83. The highest BCUT2D eigenvalue weighted by Gasteiger charge is 2.18. The van der Waals surface area contributed by atoms with E-state index in [1.165, 1.54) is 0 Å². The molecule has 1 amide bonds. The predicted octanol–water partition coefficient (Wildman–Crippen LogP) is 2.70. The zero-order chi connectivity index (χ0) is 18.8. The van der Waals surface area contributed by atoms with Crippen LogP contribution >= 0.6 is 0 Å². The molecule has 27 heavy (non-hydrogen) atoms. The zero-order valence-electron chi connectivity index (χ0n) is 14.7. The van der Waals surface area contributed by atoms with E-state index < -0.39 is 0 Å². The predicted molar refractivity (Wildman–Crippen MR) is 101 cm³/mol.